The van der Waals surface area contributed by atoms with Crippen molar-refractivity contribution in [1.29, 1.82) is 0 Å². The van der Waals surface area contributed by atoms with Crippen LogP contribution in [0.15, 0.2) is 48.5 Å². The Bertz CT molecular complexity index is 931. The Labute approximate surface area is 162 Å². The van der Waals surface area contributed by atoms with Crippen LogP contribution < -0.4 is 9.64 Å². The Morgan fingerprint density at radius 1 is 0.893 bits per heavy atom. The lowest BCUT2D eigenvalue weighted by Gasteiger charge is -2.29. The van der Waals surface area contributed by atoms with Gasteiger partial charge in [-0.25, -0.2) is 19.3 Å². The second-order valence-corrected chi connectivity index (χ2v) is 7.36. The molecule has 5 rings (SSSR count). The number of hydrogen-bond acceptors (Lipinski definition) is 5. The molecule has 0 spiro atoms. The van der Waals surface area contributed by atoms with Crippen LogP contribution in [0.4, 0.5) is 10.1 Å². The Kier molecular flexibility index (Phi) is 3.96. The normalized spacial score (nSPS) is 27.4. The van der Waals surface area contributed by atoms with Gasteiger partial charge in [0.15, 0.2) is 0 Å². The Balaban J connectivity index is 1.55. The van der Waals surface area contributed by atoms with Crippen molar-refractivity contribution in [1.82, 2.24) is 10.0 Å². The highest BCUT2D eigenvalue weighted by atomic mass is 19.1. The van der Waals surface area contributed by atoms with Crippen LogP contribution >= 0.6 is 0 Å². The van der Waals surface area contributed by atoms with E-state index in [1.807, 2.05) is 5.01 Å². The first-order chi connectivity index (χ1) is 13.6. The lowest BCUT2D eigenvalue weighted by Crippen LogP contribution is -2.44. The van der Waals surface area contributed by atoms with E-state index in [0.717, 1.165) is 25.1 Å². The van der Waals surface area contributed by atoms with E-state index in [-0.39, 0.29) is 23.7 Å². The highest BCUT2D eigenvalue weighted by Crippen LogP contribution is 2.48. The van der Waals surface area contributed by atoms with Gasteiger partial charge < -0.3 is 4.74 Å². The van der Waals surface area contributed by atoms with E-state index in [4.69, 9.17) is 4.74 Å². The Morgan fingerprint density at radius 3 is 2.18 bits per heavy atom. The number of rotatable bonds is 3. The fourth-order valence-electron chi connectivity index (χ4n) is 4.76. The summed E-state index contributed by atoms with van der Waals surface area (Å²) in [4.78, 5) is 27.9. The summed E-state index contributed by atoms with van der Waals surface area (Å²) in [6, 6.07) is 12.4. The van der Waals surface area contributed by atoms with Gasteiger partial charge in [-0.05, 0) is 48.4 Å². The van der Waals surface area contributed by atoms with Crippen molar-refractivity contribution in [3.05, 3.63) is 59.9 Å². The van der Waals surface area contributed by atoms with Crippen LogP contribution in [0.25, 0.3) is 0 Å². The van der Waals surface area contributed by atoms with Crippen molar-refractivity contribution in [2.45, 2.75) is 18.5 Å². The van der Waals surface area contributed by atoms with E-state index in [9.17, 15) is 14.0 Å². The summed E-state index contributed by atoms with van der Waals surface area (Å²) in [5.74, 6) is -0.552. The highest BCUT2D eigenvalue weighted by molar-refractivity contribution is 6.24. The first-order valence-electron chi connectivity index (χ1n) is 9.40. The van der Waals surface area contributed by atoms with E-state index < -0.39 is 12.0 Å². The maximum atomic E-state index is 13.4. The van der Waals surface area contributed by atoms with E-state index in [0.29, 0.717) is 11.4 Å². The molecule has 3 saturated heterocycles. The number of anilines is 1. The number of fused-ring (bicyclic) bond motifs is 3. The third-order valence-electron chi connectivity index (χ3n) is 5.95. The van der Waals surface area contributed by atoms with E-state index in [1.165, 1.54) is 17.0 Å². The van der Waals surface area contributed by atoms with Gasteiger partial charge >= 0.3 is 0 Å². The molecule has 3 atom stereocenters. The quantitative estimate of drug-likeness (QED) is 0.764. The predicted octanol–water partition coefficient (Wildman–Crippen LogP) is 2.37. The molecule has 28 heavy (non-hydrogen) atoms. The van der Waals surface area contributed by atoms with Crippen molar-refractivity contribution in [2.75, 3.05) is 25.1 Å². The molecule has 144 valence electrons. The summed E-state index contributed by atoms with van der Waals surface area (Å²) in [5.41, 5.74) is 1.41. The second-order valence-electron chi connectivity index (χ2n) is 7.36. The molecule has 0 unspecified atom stereocenters. The molecule has 2 amide bonds. The predicted molar refractivity (Wildman–Crippen MR) is 99.9 cm³/mol. The lowest BCUT2D eigenvalue weighted by molar-refractivity contribution is -0.126. The van der Waals surface area contributed by atoms with Crippen LogP contribution in [-0.4, -0.2) is 48.1 Å². The second kappa shape index (κ2) is 6.39. The summed E-state index contributed by atoms with van der Waals surface area (Å²) in [7, 11) is 1.57. The van der Waals surface area contributed by atoms with Gasteiger partial charge in [0.25, 0.3) is 5.91 Å². The monoisotopic (exact) mass is 381 g/mol. The molecule has 3 aliphatic rings. The van der Waals surface area contributed by atoms with E-state index in [2.05, 4.69) is 5.01 Å². The average Bonchev–Trinajstić information content (AvgIpc) is 3.35. The van der Waals surface area contributed by atoms with Gasteiger partial charge in [0.1, 0.15) is 17.6 Å². The number of hydrazine groups is 1. The minimum Gasteiger partial charge on any atom is -0.497 e. The molecular formula is C21H20FN3O3. The first kappa shape index (κ1) is 17.3. The van der Waals surface area contributed by atoms with Crippen LogP contribution in [-0.2, 0) is 9.59 Å². The molecule has 0 bridgehead atoms. The molecule has 0 radical (unpaired) electrons. The molecule has 0 aromatic heterocycles. The van der Waals surface area contributed by atoms with Crippen molar-refractivity contribution < 1.29 is 18.7 Å². The van der Waals surface area contributed by atoms with Gasteiger partial charge in [0.05, 0.1) is 24.8 Å². The number of ether oxygens (including phenoxy) is 1. The van der Waals surface area contributed by atoms with Crippen LogP contribution in [0.1, 0.15) is 18.0 Å². The maximum absolute atomic E-state index is 13.4. The largest absolute Gasteiger partial charge is 0.497 e. The summed E-state index contributed by atoms with van der Waals surface area (Å²) in [6.45, 7) is 1.53. The van der Waals surface area contributed by atoms with Gasteiger partial charge in [0, 0.05) is 13.1 Å². The molecule has 3 heterocycles. The van der Waals surface area contributed by atoms with Crippen molar-refractivity contribution in [2.24, 2.45) is 5.92 Å². The molecule has 2 aromatic carbocycles. The molecule has 2 aromatic rings. The fourth-order valence-corrected chi connectivity index (χ4v) is 4.76. The van der Waals surface area contributed by atoms with Gasteiger partial charge in [-0.1, -0.05) is 12.1 Å². The number of hydrogen-bond donors (Lipinski definition) is 0. The van der Waals surface area contributed by atoms with Crippen molar-refractivity contribution in [3.8, 4) is 5.75 Å². The number of imide groups is 1. The minimum atomic E-state index is -0.507. The Hall–Kier alpha value is -2.77. The molecule has 7 heteroatoms. The number of carbonyl (C=O) groups excluding carboxylic acids is 2. The van der Waals surface area contributed by atoms with Crippen LogP contribution in [0.3, 0.4) is 0 Å². The molecule has 3 aliphatic heterocycles. The third kappa shape index (κ3) is 2.40. The molecule has 6 nitrogen and oxygen atoms in total. The molecule has 0 N–H and O–H groups in total. The molecule has 0 saturated carbocycles. The molecule has 3 fully saturated rings. The minimum absolute atomic E-state index is 0.198. The highest BCUT2D eigenvalue weighted by Gasteiger charge is 2.62. The Morgan fingerprint density at radius 2 is 1.54 bits per heavy atom. The van der Waals surface area contributed by atoms with Gasteiger partial charge in [0.2, 0.25) is 5.91 Å². The van der Waals surface area contributed by atoms with E-state index in [1.54, 1.807) is 43.5 Å². The number of amides is 2. The van der Waals surface area contributed by atoms with E-state index >= 15 is 0 Å². The van der Waals surface area contributed by atoms with Crippen LogP contribution in [0.5, 0.6) is 5.75 Å². The summed E-state index contributed by atoms with van der Waals surface area (Å²) in [6.07, 6.45) is 0.935. The standard InChI is InChI=1S/C21H20FN3O3/c1-28-16-9-7-15(8-10-16)25-20(26)17-18(13-3-5-14(22)6-4-13)23-11-2-12-24(23)19(17)21(25)27/h3-10,17-19H,2,11-12H2,1H3/t17-,18-,19-/m1/s1. The molecule has 0 aliphatic carbocycles. The van der Waals surface area contributed by atoms with Gasteiger partial charge in [-0.2, -0.15) is 0 Å². The fraction of sp³-hybridized carbons (Fsp3) is 0.333. The van der Waals surface area contributed by atoms with Crippen LogP contribution in [0, 0.1) is 11.7 Å². The molecular weight excluding hydrogens is 361 g/mol. The SMILES string of the molecule is COc1ccc(N2C(=O)[C@@H]3[C@@H](c4ccc(F)cc4)N4CCCN4[C@H]3C2=O)cc1. The zero-order valence-corrected chi connectivity index (χ0v) is 15.4. The summed E-state index contributed by atoms with van der Waals surface area (Å²) >= 11 is 0. The first-order valence-corrected chi connectivity index (χ1v) is 9.40. The number of nitrogens with zero attached hydrogens (tertiary/aromatic N) is 3. The zero-order valence-electron chi connectivity index (χ0n) is 15.4. The van der Waals surface area contributed by atoms with Gasteiger partial charge in [-0.3, -0.25) is 9.59 Å². The van der Waals surface area contributed by atoms with Crippen molar-refractivity contribution >= 4 is 17.5 Å². The number of methoxy groups -OCH3 is 1. The zero-order chi connectivity index (χ0) is 19.4. The third-order valence-corrected chi connectivity index (χ3v) is 5.95. The smallest absolute Gasteiger partial charge is 0.253 e. The number of carbonyl (C=O) groups is 2. The summed E-state index contributed by atoms with van der Waals surface area (Å²) < 4.78 is 18.6. The lowest BCUT2D eigenvalue weighted by atomic mass is 9.90. The van der Waals surface area contributed by atoms with Crippen molar-refractivity contribution in [3.63, 3.8) is 0 Å². The topological polar surface area (TPSA) is 53.1 Å². The number of benzene rings is 2. The van der Waals surface area contributed by atoms with Crippen LogP contribution in [0.2, 0.25) is 0 Å². The number of halogens is 1. The van der Waals surface area contributed by atoms with Gasteiger partial charge in [-0.15, -0.1) is 0 Å². The maximum Gasteiger partial charge on any atom is 0.253 e. The average molecular weight is 381 g/mol. The summed E-state index contributed by atoms with van der Waals surface area (Å²) in [5, 5.41) is 4.15.